The highest BCUT2D eigenvalue weighted by Gasteiger charge is 2.33. The molecule has 0 aromatic heterocycles. The molecule has 0 aromatic rings. The predicted octanol–water partition coefficient (Wildman–Crippen LogP) is 1.56. The molecule has 0 radical (unpaired) electrons. The van der Waals surface area contributed by atoms with Gasteiger partial charge >= 0.3 is 5.97 Å². The van der Waals surface area contributed by atoms with Crippen LogP contribution in [0.25, 0.3) is 0 Å². The summed E-state index contributed by atoms with van der Waals surface area (Å²) in [5.41, 5.74) is 0. The van der Waals surface area contributed by atoms with Gasteiger partial charge in [-0.25, -0.2) is 4.79 Å². The fourth-order valence-corrected chi connectivity index (χ4v) is 3.05. The summed E-state index contributed by atoms with van der Waals surface area (Å²) in [6.07, 6.45) is 6.78. The van der Waals surface area contributed by atoms with E-state index in [2.05, 4.69) is 5.32 Å². The van der Waals surface area contributed by atoms with Crippen molar-refractivity contribution in [2.45, 2.75) is 51.0 Å². The first-order valence-electron chi connectivity index (χ1n) is 7.29. The van der Waals surface area contributed by atoms with Gasteiger partial charge in [-0.2, -0.15) is 0 Å². The zero-order valence-corrected chi connectivity index (χ0v) is 11.3. The van der Waals surface area contributed by atoms with Gasteiger partial charge < -0.3 is 15.2 Å². The quantitative estimate of drug-likeness (QED) is 0.812. The van der Waals surface area contributed by atoms with E-state index in [0.29, 0.717) is 13.2 Å². The van der Waals surface area contributed by atoms with Gasteiger partial charge in [0.15, 0.2) is 0 Å². The molecule has 1 amide bonds. The fourth-order valence-electron chi connectivity index (χ4n) is 3.05. The van der Waals surface area contributed by atoms with Gasteiger partial charge in [-0.3, -0.25) is 4.79 Å². The first-order chi connectivity index (χ1) is 9.18. The van der Waals surface area contributed by atoms with Crippen LogP contribution in [0.15, 0.2) is 0 Å². The number of hydrogen-bond acceptors (Lipinski definition) is 3. The zero-order chi connectivity index (χ0) is 13.7. The van der Waals surface area contributed by atoms with Crippen LogP contribution in [-0.2, 0) is 14.3 Å². The molecule has 19 heavy (non-hydrogen) atoms. The number of hydrogen-bond donors (Lipinski definition) is 2. The lowest BCUT2D eigenvalue weighted by atomic mass is 9.87. The van der Waals surface area contributed by atoms with Gasteiger partial charge in [0, 0.05) is 18.4 Å². The van der Waals surface area contributed by atoms with E-state index < -0.39 is 12.0 Å². The number of rotatable bonds is 4. The van der Waals surface area contributed by atoms with Crippen LogP contribution in [0.5, 0.6) is 0 Å². The number of carboxylic acids is 1. The average molecular weight is 269 g/mol. The highest BCUT2D eigenvalue weighted by atomic mass is 16.5. The molecule has 5 heteroatoms. The monoisotopic (exact) mass is 269 g/mol. The van der Waals surface area contributed by atoms with Crippen molar-refractivity contribution in [3.8, 4) is 0 Å². The van der Waals surface area contributed by atoms with E-state index >= 15 is 0 Å². The van der Waals surface area contributed by atoms with E-state index in [9.17, 15) is 14.7 Å². The van der Waals surface area contributed by atoms with Gasteiger partial charge in [-0.15, -0.1) is 0 Å². The molecule has 2 N–H and O–H groups in total. The van der Waals surface area contributed by atoms with E-state index in [1.807, 2.05) is 0 Å². The second kappa shape index (κ2) is 6.89. The van der Waals surface area contributed by atoms with Crippen LogP contribution in [-0.4, -0.2) is 36.2 Å². The minimum Gasteiger partial charge on any atom is -0.480 e. The van der Waals surface area contributed by atoms with Crippen LogP contribution < -0.4 is 5.32 Å². The molecular weight excluding hydrogens is 246 g/mol. The summed E-state index contributed by atoms with van der Waals surface area (Å²) in [5, 5.41) is 12.0. The number of carbonyl (C=O) groups is 2. The molecule has 0 spiro atoms. The molecule has 2 aliphatic rings. The molecule has 108 valence electrons. The van der Waals surface area contributed by atoms with Crippen molar-refractivity contribution in [2.75, 3.05) is 13.2 Å². The molecule has 1 saturated carbocycles. The van der Waals surface area contributed by atoms with Crippen LogP contribution in [0, 0.1) is 11.8 Å². The molecule has 1 aliphatic carbocycles. The van der Waals surface area contributed by atoms with Gasteiger partial charge in [-0.05, 0) is 25.7 Å². The lowest BCUT2D eigenvalue weighted by Gasteiger charge is -2.30. The maximum atomic E-state index is 12.1. The van der Waals surface area contributed by atoms with Crippen LogP contribution in [0.1, 0.15) is 44.9 Å². The Balaban J connectivity index is 1.91. The topological polar surface area (TPSA) is 75.6 Å². The van der Waals surface area contributed by atoms with Crippen molar-refractivity contribution in [1.82, 2.24) is 5.32 Å². The van der Waals surface area contributed by atoms with E-state index in [1.54, 1.807) is 0 Å². The Morgan fingerprint density at radius 2 is 1.84 bits per heavy atom. The van der Waals surface area contributed by atoms with Gasteiger partial charge in [0.2, 0.25) is 5.91 Å². The third kappa shape index (κ3) is 3.93. The maximum Gasteiger partial charge on any atom is 0.326 e. The first kappa shape index (κ1) is 14.3. The Kier molecular flexibility index (Phi) is 5.19. The van der Waals surface area contributed by atoms with E-state index in [0.717, 1.165) is 38.5 Å². The van der Waals surface area contributed by atoms with Crippen LogP contribution in [0.2, 0.25) is 0 Å². The Bertz CT molecular complexity index is 319. The molecule has 2 unspecified atom stereocenters. The number of carboxylic acid groups (broad SMARTS) is 1. The van der Waals surface area contributed by atoms with Crippen molar-refractivity contribution >= 4 is 11.9 Å². The minimum atomic E-state index is -0.945. The molecule has 2 rings (SSSR count). The molecule has 1 heterocycles. The van der Waals surface area contributed by atoms with Crippen molar-refractivity contribution in [1.29, 1.82) is 0 Å². The molecule has 1 aliphatic heterocycles. The largest absolute Gasteiger partial charge is 0.480 e. The number of nitrogens with one attached hydrogen (secondary N) is 1. The SMILES string of the molecule is O=C(NC(C(=O)O)C1CCCOC1)C1CCCCC1. The predicted molar refractivity (Wildman–Crippen MR) is 69.7 cm³/mol. The Hall–Kier alpha value is -1.10. The molecule has 1 saturated heterocycles. The Labute approximate surface area is 113 Å². The lowest BCUT2D eigenvalue weighted by molar-refractivity contribution is -0.146. The number of ether oxygens (including phenoxy) is 1. The molecule has 0 bridgehead atoms. The van der Waals surface area contributed by atoms with Crippen LogP contribution in [0.4, 0.5) is 0 Å². The van der Waals surface area contributed by atoms with Gasteiger partial charge in [0.05, 0.1) is 6.61 Å². The van der Waals surface area contributed by atoms with E-state index in [-0.39, 0.29) is 17.7 Å². The lowest BCUT2D eigenvalue weighted by Crippen LogP contribution is -2.50. The standard InChI is InChI=1S/C14H23NO4/c16-13(10-5-2-1-3-6-10)15-12(14(17)18)11-7-4-8-19-9-11/h10-12H,1-9H2,(H,15,16)(H,17,18). The summed E-state index contributed by atoms with van der Waals surface area (Å²) in [5.74, 6) is -1.13. The second-order valence-electron chi connectivity index (χ2n) is 5.64. The summed E-state index contributed by atoms with van der Waals surface area (Å²) in [7, 11) is 0. The summed E-state index contributed by atoms with van der Waals surface area (Å²) in [6, 6.07) is -0.797. The summed E-state index contributed by atoms with van der Waals surface area (Å²) < 4.78 is 5.33. The summed E-state index contributed by atoms with van der Waals surface area (Å²) >= 11 is 0. The van der Waals surface area contributed by atoms with Crippen molar-refractivity contribution in [3.63, 3.8) is 0 Å². The van der Waals surface area contributed by atoms with Crippen LogP contribution in [0.3, 0.4) is 0 Å². The zero-order valence-electron chi connectivity index (χ0n) is 11.3. The smallest absolute Gasteiger partial charge is 0.326 e. The van der Waals surface area contributed by atoms with Crippen molar-refractivity contribution < 1.29 is 19.4 Å². The Morgan fingerprint density at radius 1 is 1.11 bits per heavy atom. The highest BCUT2D eigenvalue weighted by Crippen LogP contribution is 2.25. The summed E-state index contributed by atoms with van der Waals surface area (Å²) in [4.78, 5) is 23.5. The minimum absolute atomic E-state index is 0.000101. The molecule has 2 fully saturated rings. The number of aliphatic carboxylic acids is 1. The molecule has 5 nitrogen and oxygen atoms in total. The molecule has 0 aromatic carbocycles. The van der Waals surface area contributed by atoms with Crippen molar-refractivity contribution in [3.05, 3.63) is 0 Å². The van der Waals surface area contributed by atoms with Crippen molar-refractivity contribution in [2.24, 2.45) is 11.8 Å². The fraction of sp³-hybridized carbons (Fsp3) is 0.857. The first-order valence-corrected chi connectivity index (χ1v) is 7.29. The van der Waals surface area contributed by atoms with E-state index in [4.69, 9.17) is 4.74 Å². The maximum absolute atomic E-state index is 12.1. The number of carbonyl (C=O) groups excluding carboxylic acids is 1. The average Bonchev–Trinajstić information content (AvgIpc) is 2.46. The van der Waals surface area contributed by atoms with Gasteiger partial charge in [-0.1, -0.05) is 19.3 Å². The van der Waals surface area contributed by atoms with Crippen LogP contribution >= 0.6 is 0 Å². The third-order valence-corrected chi connectivity index (χ3v) is 4.21. The molecular formula is C14H23NO4. The van der Waals surface area contributed by atoms with Gasteiger partial charge in [0.25, 0.3) is 0 Å². The van der Waals surface area contributed by atoms with Gasteiger partial charge in [0.1, 0.15) is 6.04 Å². The summed E-state index contributed by atoms with van der Waals surface area (Å²) in [6.45, 7) is 1.13. The number of amides is 1. The second-order valence-corrected chi connectivity index (χ2v) is 5.64. The van der Waals surface area contributed by atoms with E-state index in [1.165, 1.54) is 6.42 Å². The molecule has 2 atom stereocenters. The highest BCUT2D eigenvalue weighted by molar-refractivity contribution is 5.85. The third-order valence-electron chi connectivity index (χ3n) is 4.21. The normalized spacial score (nSPS) is 26.6. The Morgan fingerprint density at radius 3 is 2.42 bits per heavy atom.